The van der Waals surface area contributed by atoms with Crippen LogP contribution >= 0.6 is 23.2 Å². The van der Waals surface area contributed by atoms with Gasteiger partial charge in [0, 0.05) is 5.88 Å². The van der Waals surface area contributed by atoms with Crippen LogP contribution in [0, 0.1) is 11.3 Å². The van der Waals surface area contributed by atoms with Gasteiger partial charge < -0.3 is 0 Å². The minimum Gasteiger partial charge on any atom is -0.298 e. The number of benzene rings is 1. The Morgan fingerprint density at radius 1 is 1.60 bits per heavy atom. The van der Waals surface area contributed by atoms with Crippen LogP contribution in [-0.2, 0) is 10.7 Å². The molecule has 1 aromatic carbocycles. The summed E-state index contributed by atoms with van der Waals surface area (Å²) in [6, 6.07) is 7.20. The molecule has 0 aliphatic heterocycles. The summed E-state index contributed by atoms with van der Waals surface area (Å²) < 4.78 is 0. The van der Waals surface area contributed by atoms with Crippen LogP contribution in [-0.4, -0.2) is 5.78 Å². The number of hydrogen-bond acceptors (Lipinski definition) is 2. The van der Waals surface area contributed by atoms with Crippen LogP contribution in [0.3, 0.4) is 0 Å². The van der Waals surface area contributed by atoms with Crippen LogP contribution in [0.15, 0.2) is 18.2 Å². The lowest BCUT2D eigenvalue weighted by Gasteiger charge is -2.10. The topological polar surface area (TPSA) is 40.9 Å². The summed E-state index contributed by atoms with van der Waals surface area (Å²) in [6.45, 7) is 1.40. The number of nitrogens with zero attached hydrogens (tertiary/aromatic N) is 1. The second kappa shape index (κ2) is 5.16. The molecule has 15 heavy (non-hydrogen) atoms. The van der Waals surface area contributed by atoms with Crippen molar-refractivity contribution in [2.45, 2.75) is 18.2 Å². The Hall–Kier alpha value is -1.04. The highest BCUT2D eigenvalue weighted by Crippen LogP contribution is 2.27. The van der Waals surface area contributed by atoms with Gasteiger partial charge in [-0.2, -0.15) is 5.26 Å². The fourth-order valence-corrected chi connectivity index (χ4v) is 1.70. The van der Waals surface area contributed by atoms with Gasteiger partial charge in [0.1, 0.15) is 5.38 Å². The Morgan fingerprint density at radius 2 is 2.27 bits per heavy atom. The van der Waals surface area contributed by atoms with Crippen molar-refractivity contribution in [2.75, 3.05) is 0 Å². The fraction of sp³-hybridized carbons (Fsp3) is 0.273. The number of ketones is 1. The number of carbonyl (C=O) groups is 1. The lowest BCUT2D eigenvalue weighted by atomic mass is 9.99. The Labute approximate surface area is 98.4 Å². The highest BCUT2D eigenvalue weighted by atomic mass is 35.5. The number of carbonyl (C=O) groups excluding carboxylic acids is 1. The maximum atomic E-state index is 11.1. The van der Waals surface area contributed by atoms with E-state index in [-0.39, 0.29) is 11.7 Å². The molecule has 1 unspecified atom stereocenters. The second-order valence-corrected chi connectivity index (χ2v) is 3.80. The number of Topliss-reactive ketones (excluding diaryl/α,β-unsaturated/α-hetero) is 1. The summed E-state index contributed by atoms with van der Waals surface area (Å²) in [5.41, 5.74) is 1.64. The van der Waals surface area contributed by atoms with Gasteiger partial charge in [0.15, 0.2) is 5.78 Å². The summed E-state index contributed by atoms with van der Waals surface area (Å²) in [6.07, 6.45) is 0. The average Bonchev–Trinajstić information content (AvgIpc) is 2.26. The normalized spacial score (nSPS) is 11.9. The van der Waals surface area contributed by atoms with Crippen molar-refractivity contribution in [3.63, 3.8) is 0 Å². The SMILES string of the molecule is CC(=O)C(Cl)c1cccc(CCl)c1C#N. The highest BCUT2D eigenvalue weighted by Gasteiger charge is 2.18. The smallest absolute Gasteiger partial charge is 0.152 e. The largest absolute Gasteiger partial charge is 0.298 e. The van der Waals surface area contributed by atoms with E-state index >= 15 is 0 Å². The average molecular weight is 242 g/mol. The number of nitriles is 1. The molecule has 1 aromatic rings. The van der Waals surface area contributed by atoms with Crippen LogP contribution in [0.2, 0.25) is 0 Å². The van der Waals surface area contributed by atoms with Crippen LogP contribution in [0.1, 0.15) is 29.0 Å². The van der Waals surface area contributed by atoms with Gasteiger partial charge in [-0.15, -0.1) is 23.2 Å². The molecule has 0 aliphatic carbocycles. The monoisotopic (exact) mass is 241 g/mol. The van der Waals surface area contributed by atoms with Crippen molar-refractivity contribution < 1.29 is 4.79 Å². The number of hydrogen-bond donors (Lipinski definition) is 0. The van der Waals surface area contributed by atoms with Gasteiger partial charge in [-0.3, -0.25) is 4.79 Å². The molecule has 0 amide bonds. The molecule has 0 aromatic heterocycles. The molecule has 4 heteroatoms. The van der Waals surface area contributed by atoms with Gasteiger partial charge in [-0.05, 0) is 18.1 Å². The summed E-state index contributed by atoms with van der Waals surface area (Å²) >= 11 is 11.6. The van der Waals surface area contributed by atoms with E-state index < -0.39 is 5.38 Å². The number of halogens is 2. The van der Waals surface area contributed by atoms with E-state index in [1.165, 1.54) is 6.92 Å². The lowest BCUT2D eigenvalue weighted by molar-refractivity contribution is -0.116. The van der Waals surface area contributed by atoms with Gasteiger partial charge in [0.05, 0.1) is 11.6 Å². The van der Waals surface area contributed by atoms with Crippen LogP contribution in [0.25, 0.3) is 0 Å². The van der Waals surface area contributed by atoms with Crippen molar-refractivity contribution in [2.24, 2.45) is 0 Å². The molecule has 0 bridgehead atoms. The Morgan fingerprint density at radius 3 is 2.73 bits per heavy atom. The first-order chi connectivity index (χ1) is 7.11. The summed E-state index contributed by atoms with van der Waals surface area (Å²) in [4.78, 5) is 11.1. The lowest BCUT2D eigenvalue weighted by Crippen LogP contribution is -2.05. The maximum Gasteiger partial charge on any atom is 0.152 e. The number of rotatable bonds is 3. The van der Waals surface area contributed by atoms with E-state index in [0.29, 0.717) is 16.7 Å². The fourth-order valence-electron chi connectivity index (χ4n) is 1.30. The zero-order valence-corrected chi connectivity index (χ0v) is 9.64. The minimum absolute atomic E-state index is 0.181. The van der Waals surface area contributed by atoms with Crippen molar-refractivity contribution in [3.8, 4) is 6.07 Å². The molecule has 0 saturated heterocycles. The van der Waals surface area contributed by atoms with Crippen molar-refractivity contribution >= 4 is 29.0 Å². The Bertz CT molecular complexity index is 423. The summed E-state index contributed by atoms with van der Waals surface area (Å²) in [5.74, 6) is 0.0537. The van der Waals surface area contributed by atoms with Gasteiger partial charge in [0.25, 0.3) is 0 Å². The third-order valence-electron chi connectivity index (χ3n) is 2.07. The molecule has 0 fully saturated rings. The molecule has 0 saturated carbocycles. The van der Waals surface area contributed by atoms with E-state index in [4.69, 9.17) is 28.5 Å². The predicted molar refractivity (Wildman–Crippen MR) is 60.0 cm³/mol. The second-order valence-electron chi connectivity index (χ2n) is 3.10. The Balaban J connectivity index is 3.30. The molecular weight excluding hydrogens is 233 g/mol. The molecule has 1 atom stereocenters. The van der Waals surface area contributed by atoms with Gasteiger partial charge in [0.2, 0.25) is 0 Å². The molecule has 0 N–H and O–H groups in total. The van der Waals surface area contributed by atoms with E-state index in [2.05, 4.69) is 0 Å². The van der Waals surface area contributed by atoms with Crippen molar-refractivity contribution in [3.05, 3.63) is 34.9 Å². The van der Waals surface area contributed by atoms with E-state index in [9.17, 15) is 4.79 Å². The molecular formula is C11H9Cl2NO. The third-order valence-corrected chi connectivity index (χ3v) is 2.90. The van der Waals surface area contributed by atoms with Crippen LogP contribution in [0.4, 0.5) is 0 Å². The first-order valence-electron chi connectivity index (χ1n) is 4.34. The molecule has 2 nitrogen and oxygen atoms in total. The van der Waals surface area contributed by atoms with Gasteiger partial charge in [-0.1, -0.05) is 18.2 Å². The quantitative estimate of drug-likeness (QED) is 0.764. The Kier molecular flexibility index (Phi) is 4.14. The maximum absolute atomic E-state index is 11.1. The van der Waals surface area contributed by atoms with Gasteiger partial charge >= 0.3 is 0 Å². The molecule has 0 spiro atoms. The van der Waals surface area contributed by atoms with E-state index in [1.54, 1.807) is 18.2 Å². The van der Waals surface area contributed by atoms with Gasteiger partial charge in [-0.25, -0.2) is 0 Å². The zero-order valence-electron chi connectivity index (χ0n) is 8.13. The number of alkyl halides is 2. The minimum atomic E-state index is -0.775. The predicted octanol–water partition coefficient (Wildman–Crippen LogP) is 3.17. The highest BCUT2D eigenvalue weighted by molar-refractivity contribution is 6.31. The molecule has 0 aliphatic rings. The zero-order chi connectivity index (χ0) is 11.4. The molecule has 1 rings (SSSR count). The van der Waals surface area contributed by atoms with Crippen LogP contribution in [0.5, 0.6) is 0 Å². The third kappa shape index (κ3) is 2.50. The summed E-state index contributed by atoms with van der Waals surface area (Å²) in [5, 5.41) is 8.21. The first kappa shape index (κ1) is 12.0. The standard InChI is InChI=1S/C11H9Cl2NO/c1-7(15)11(13)9-4-2-3-8(5-12)10(9)6-14/h2-4,11H,5H2,1H3. The van der Waals surface area contributed by atoms with E-state index in [1.807, 2.05) is 6.07 Å². The van der Waals surface area contributed by atoms with Crippen molar-refractivity contribution in [1.29, 1.82) is 5.26 Å². The van der Waals surface area contributed by atoms with Crippen LogP contribution < -0.4 is 0 Å². The molecule has 78 valence electrons. The molecule has 0 heterocycles. The first-order valence-corrected chi connectivity index (χ1v) is 5.31. The van der Waals surface area contributed by atoms with E-state index in [0.717, 1.165) is 0 Å². The molecule has 0 radical (unpaired) electrons. The van der Waals surface area contributed by atoms with Crippen molar-refractivity contribution in [1.82, 2.24) is 0 Å². The summed E-state index contributed by atoms with van der Waals surface area (Å²) in [7, 11) is 0.